The van der Waals surface area contributed by atoms with Gasteiger partial charge in [0.25, 0.3) is 5.91 Å². The van der Waals surface area contributed by atoms with Gasteiger partial charge < -0.3 is 15.4 Å². The Morgan fingerprint density at radius 2 is 1.80 bits per heavy atom. The van der Waals surface area contributed by atoms with Crippen molar-refractivity contribution >= 4 is 5.91 Å². The topological polar surface area (TPSA) is 74.1 Å². The Labute approximate surface area is 179 Å². The Morgan fingerprint density at radius 3 is 2.33 bits per heavy atom. The van der Waals surface area contributed by atoms with Crippen LogP contribution in [0.25, 0.3) is 0 Å². The first-order valence-electron chi connectivity index (χ1n) is 11.3. The quantitative estimate of drug-likeness (QED) is 0.389. The first-order chi connectivity index (χ1) is 14.5. The summed E-state index contributed by atoms with van der Waals surface area (Å²) in [5, 5.41) is 15.8. The molecule has 5 rings (SSSR count). The minimum atomic E-state index is -0.252. The summed E-state index contributed by atoms with van der Waals surface area (Å²) in [7, 11) is 1.65. The van der Waals surface area contributed by atoms with Crippen LogP contribution in [0.3, 0.4) is 0 Å². The molecule has 1 aromatic rings. The lowest BCUT2D eigenvalue weighted by molar-refractivity contribution is -0.122. The number of ether oxygens (including phenoxy) is 1. The van der Waals surface area contributed by atoms with Crippen molar-refractivity contribution in [2.24, 2.45) is 23.2 Å². The van der Waals surface area contributed by atoms with Crippen LogP contribution >= 0.6 is 0 Å². The van der Waals surface area contributed by atoms with Crippen molar-refractivity contribution in [3.63, 3.8) is 0 Å². The van der Waals surface area contributed by atoms with Crippen LogP contribution < -0.4 is 15.4 Å². The Hall–Kier alpha value is -2.48. The highest BCUT2D eigenvalue weighted by atomic mass is 16.5. The molecule has 1 unspecified atom stereocenters. The number of nitrogens with one attached hydrogen (secondary N) is 2. The van der Waals surface area contributed by atoms with Gasteiger partial charge in [-0.2, -0.15) is 5.26 Å². The molecular formula is C25H33N3O2. The van der Waals surface area contributed by atoms with E-state index >= 15 is 0 Å². The van der Waals surface area contributed by atoms with Gasteiger partial charge in [-0.05, 0) is 92.7 Å². The number of nitriles is 1. The van der Waals surface area contributed by atoms with E-state index in [0.29, 0.717) is 6.54 Å². The molecule has 1 amide bonds. The monoisotopic (exact) mass is 407 g/mol. The molecule has 0 heterocycles. The zero-order valence-corrected chi connectivity index (χ0v) is 18.1. The van der Waals surface area contributed by atoms with Gasteiger partial charge in [-0.3, -0.25) is 4.79 Å². The fraction of sp³-hybridized carbons (Fsp3) is 0.600. The lowest BCUT2D eigenvalue weighted by Crippen LogP contribution is -2.56. The number of methoxy groups -OCH3 is 1. The van der Waals surface area contributed by atoms with Crippen LogP contribution in [0.5, 0.6) is 5.75 Å². The van der Waals surface area contributed by atoms with Crippen molar-refractivity contribution in [3.8, 4) is 11.8 Å². The summed E-state index contributed by atoms with van der Waals surface area (Å²) < 4.78 is 5.17. The molecule has 2 N–H and O–H groups in total. The number of amides is 1. The normalized spacial score (nSPS) is 30.4. The first kappa shape index (κ1) is 20.8. The molecule has 1 atom stereocenters. The molecule has 0 radical (unpaired) electrons. The van der Waals surface area contributed by atoms with Crippen molar-refractivity contribution in [1.82, 2.24) is 10.6 Å². The van der Waals surface area contributed by atoms with Gasteiger partial charge in [0.1, 0.15) is 17.4 Å². The fourth-order valence-electron chi connectivity index (χ4n) is 6.47. The Morgan fingerprint density at radius 1 is 1.20 bits per heavy atom. The van der Waals surface area contributed by atoms with Gasteiger partial charge in [0.05, 0.1) is 7.11 Å². The predicted molar refractivity (Wildman–Crippen MR) is 117 cm³/mol. The average Bonchev–Trinajstić information content (AvgIpc) is 2.73. The molecule has 5 heteroatoms. The highest BCUT2D eigenvalue weighted by Gasteiger charge is 2.53. The Balaban J connectivity index is 1.29. The molecule has 1 aromatic carbocycles. The van der Waals surface area contributed by atoms with E-state index in [-0.39, 0.29) is 22.9 Å². The van der Waals surface area contributed by atoms with Crippen LogP contribution in [0, 0.1) is 34.5 Å². The van der Waals surface area contributed by atoms with Crippen LogP contribution in [0.4, 0.5) is 0 Å². The van der Waals surface area contributed by atoms with E-state index in [1.54, 1.807) is 13.3 Å². The minimum Gasteiger partial charge on any atom is -0.497 e. The number of carbonyl (C=O) groups is 1. The van der Waals surface area contributed by atoms with E-state index in [9.17, 15) is 10.1 Å². The molecule has 30 heavy (non-hydrogen) atoms. The SMILES string of the molecule is COc1ccc(CCN/C=C(/C#N)C(=O)NC(C)C23CC4CC(CC(C4)C2)C3)cc1. The summed E-state index contributed by atoms with van der Waals surface area (Å²) in [6.45, 7) is 2.81. The van der Waals surface area contributed by atoms with Crippen molar-refractivity contribution < 1.29 is 9.53 Å². The Kier molecular flexibility index (Phi) is 6.04. The maximum absolute atomic E-state index is 12.8. The number of benzene rings is 1. The molecule has 0 saturated heterocycles. The van der Waals surface area contributed by atoms with Gasteiger partial charge in [0, 0.05) is 18.8 Å². The predicted octanol–water partition coefficient (Wildman–Crippen LogP) is 3.96. The van der Waals surface area contributed by atoms with Crippen molar-refractivity contribution in [2.45, 2.75) is 57.9 Å². The molecule has 4 aliphatic carbocycles. The summed E-state index contributed by atoms with van der Waals surface area (Å²) in [5.41, 5.74) is 1.57. The van der Waals surface area contributed by atoms with Crippen LogP contribution in [-0.4, -0.2) is 25.6 Å². The fourth-order valence-corrected chi connectivity index (χ4v) is 6.47. The summed E-state index contributed by atoms with van der Waals surface area (Å²) in [4.78, 5) is 12.8. The third-order valence-corrected chi connectivity index (χ3v) is 7.68. The molecule has 4 aliphatic rings. The second-order valence-electron chi connectivity index (χ2n) is 9.70. The van der Waals surface area contributed by atoms with Gasteiger partial charge in [0.2, 0.25) is 0 Å². The third kappa shape index (κ3) is 4.33. The molecule has 160 valence electrons. The van der Waals surface area contributed by atoms with Gasteiger partial charge in [-0.1, -0.05) is 12.1 Å². The summed E-state index contributed by atoms with van der Waals surface area (Å²) >= 11 is 0. The Bertz CT molecular complexity index is 802. The second-order valence-corrected chi connectivity index (χ2v) is 9.70. The van der Waals surface area contributed by atoms with E-state index in [0.717, 1.165) is 29.9 Å². The van der Waals surface area contributed by atoms with Crippen molar-refractivity contribution in [2.75, 3.05) is 13.7 Å². The van der Waals surface area contributed by atoms with E-state index in [2.05, 4.69) is 23.6 Å². The molecule has 5 nitrogen and oxygen atoms in total. The van der Waals surface area contributed by atoms with Crippen LogP contribution in [-0.2, 0) is 11.2 Å². The molecule has 0 spiro atoms. The zero-order chi connectivity index (χ0) is 21.1. The molecule has 0 aromatic heterocycles. The number of rotatable bonds is 8. The number of carbonyl (C=O) groups excluding carboxylic acids is 1. The number of nitrogens with zero attached hydrogens (tertiary/aromatic N) is 1. The average molecular weight is 408 g/mol. The van der Waals surface area contributed by atoms with Crippen molar-refractivity contribution in [1.29, 1.82) is 5.26 Å². The maximum Gasteiger partial charge on any atom is 0.263 e. The molecule has 4 bridgehead atoms. The molecule has 4 fully saturated rings. The largest absolute Gasteiger partial charge is 0.497 e. The van der Waals surface area contributed by atoms with Crippen LogP contribution in [0.15, 0.2) is 36.0 Å². The lowest BCUT2D eigenvalue weighted by atomic mass is 9.48. The zero-order valence-electron chi connectivity index (χ0n) is 18.1. The number of hydrogen-bond donors (Lipinski definition) is 2. The smallest absolute Gasteiger partial charge is 0.263 e. The van der Waals surface area contributed by atoms with Crippen LogP contribution in [0.2, 0.25) is 0 Å². The molecule has 0 aliphatic heterocycles. The van der Waals surface area contributed by atoms with Gasteiger partial charge in [-0.15, -0.1) is 0 Å². The molecule has 4 saturated carbocycles. The number of hydrogen-bond acceptors (Lipinski definition) is 4. The highest BCUT2D eigenvalue weighted by Crippen LogP contribution is 2.61. The summed E-state index contributed by atoms with van der Waals surface area (Å²) in [5.74, 6) is 3.13. The molecular weight excluding hydrogens is 374 g/mol. The standard InChI is InChI=1S/C25H33N3O2/c1-17(25-12-19-9-20(13-25)11-21(10-19)14-25)28-24(29)22(15-26)16-27-8-7-18-3-5-23(30-2)6-4-18/h3-6,16-17,19-21,27H,7-14H2,1-2H3,(H,28,29)/b22-16-. The van der Waals surface area contributed by atoms with E-state index < -0.39 is 0 Å². The van der Waals surface area contributed by atoms with E-state index in [1.807, 2.05) is 24.3 Å². The minimum absolute atomic E-state index is 0.120. The van der Waals surface area contributed by atoms with E-state index in [1.165, 1.54) is 44.1 Å². The first-order valence-corrected chi connectivity index (χ1v) is 11.3. The van der Waals surface area contributed by atoms with E-state index in [4.69, 9.17) is 4.74 Å². The third-order valence-electron chi connectivity index (χ3n) is 7.68. The lowest BCUT2D eigenvalue weighted by Gasteiger charge is -2.59. The summed E-state index contributed by atoms with van der Waals surface area (Å²) in [6, 6.07) is 10.1. The van der Waals surface area contributed by atoms with Gasteiger partial charge in [0.15, 0.2) is 0 Å². The maximum atomic E-state index is 12.8. The van der Waals surface area contributed by atoms with Crippen LogP contribution in [0.1, 0.15) is 51.0 Å². The van der Waals surface area contributed by atoms with Gasteiger partial charge in [-0.25, -0.2) is 0 Å². The van der Waals surface area contributed by atoms with Gasteiger partial charge >= 0.3 is 0 Å². The highest BCUT2D eigenvalue weighted by molar-refractivity contribution is 5.97. The second kappa shape index (κ2) is 8.71. The van der Waals surface area contributed by atoms with Crippen molar-refractivity contribution in [3.05, 3.63) is 41.6 Å². The summed E-state index contributed by atoms with van der Waals surface area (Å²) in [6.07, 6.45) is 10.3.